The predicted octanol–water partition coefficient (Wildman–Crippen LogP) is 0.484. The second-order valence-electron chi connectivity index (χ2n) is 4.97. The number of carbonyl (C=O) groups excluding carboxylic acids is 1. The number of hydrogen-bond acceptors (Lipinski definition) is 4. The average Bonchev–Trinajstić information content (AvgIpc) is 2.41. The maximum atomic E-state index is 13.7. The molecule has 1 aromatic rings. The number of nitrogens with two attached hydrogens (primary N) is 1. The minimum atomic E-state index is -0.369. The minimum Gasteiger partial charge on any atom is -0.494 e. The van der Waals surface area contributed by atoms with Gasteiger partial charge in [-0.05, 0) is 17.7 Å². The van der Waals surface area contributed by atoms with Crippen LogP contribution in [-0.4, -0.2) is 43.6 Å². The number of halogens is 1. The van der Waals surface area contributed by atoms with Crippen LogP contribution in [0.5, 0.6) is 5.75 Å². The molecular weight excluding hydrogens is 261 g/mol. The van der Waals surface area contributed by atoms with Crippen molar-refractivity contribution in [3.8, 4) is 5.75 Å². The molecule has 2 rings (SSSR count). The van der Waals surface area contributed by atoms with E-state index in [1.54, 1.807) is 6.07 Å². The third kappa shape index (κ3) is 3.68. The van der Waals surface area contributed by atoms with Crippen LogP contribution >= 0.6 is 0 Å². The molecule has 1 unspecified atom stereocenters. The zero-order valence-electron chi connectivity index (χ0n) is 11.6. The smallest absolute Gasteiger partial charge is 0.219 e. The Morgan fingerprint density at radius 1 is 1.60 bits per heavy atom. The standard InChI is InChI=1S/C14H20FN3O2/c1-20-13-3-2-10(6-12(13)15)9-18-5-4-17-8-11(18)7-14(16)19/h2-3,6,11,17H,4-5,7-9H2,1H3,(H2,16,19). The fourth-order valence-electron chi connectivity index (χ4n) is 2.49. The van der Waals surface area contributed by atoms with Gasteiger partial charge in [0.1, 0.15) is 0 Å². The number of methoxy groups -OCH3 is 1. The first-order valence-electron chi connectivity index (χ1n) is 6.65. The van der Waals surface area contributed by atoms with E-state index in [0.29, 0.717) is 13.0 Å². The van der Waals surface area contributed by atoms with Crippen LogP contribution in [0.15, 0.2) is 18.2 Å². The van der Waals surface area contributed by atoms with Gasteiger partial charge in [0, 0.05) is 38.6 Å². The van der Waals surface area contributed by atoms with Crippen molar-refractivity contribution in [2.24, 2.45) is 5.73 Å². The van der Waals surface area contributed by atoms with E-state index in [1.165, 1.54) is 13.2 Å². The largest absolute Gasteiger partial charge is 0.494 e. The molecule has 3 N–H and O–H groups in total. The van der Waals surface area contributed by atoms with E-state index in [1.807, 2.05) is 6.07 Å². The first-order valence-corrected chi connectivity index (χ1v) is 6.65. The molecule has 6 heteroatoms. The summed E-state index contributed by atoms with van der Waals surface area (Å²) in [6.45, 7) is 2.99. The molecule has 0 bridgehead atoms. The number of primary amides is 1. The van der Waals surface area contributed by atoms with Crippen molar-refractivity contribution >= 4 is 5.91 Å². The number of rotatable bonds is 5. The summed E-state index contributed by atoms with van der Waals surface area (Å²) in [5.41, 5.74) is 6.13. The summed E-state index contributed by atoms with van der Waals surface area (Å²) < 4.78 is 18.6. The van der Waals surface area contributed by atoms with Gasteiger partial charge in [-0.2, -0.15) is 0 Å². The lowest BCUT2D eigenvalue weighted by Gasteiger charge is -2.35. The average molecular weight is 281 g/mol. The second kappa shape index (κ2) is 6.67. The Labute approximate surface area is 117 Å². The van der Waals surface area contributed by atoms with Crippen molar-refractivity contribution in [3.05, 3.63) is 29.6 Å². The van der Waals surface area contributed by atoms with Crippen molar-refractivity contribution in [1.82, 2.24) is 10.2 Å². The van der Waals surface area contributed by atoms with Gasteiger partial charge in [0.25, 0.3) is 0 Å². The molecule has 1 aliphatic rings. The molecule has 1 saturated heterocycles. The number of carbonyl (C=O) groups is 1. The topological polar surface area (TPSA) is 67.6 Å². The summed E-state index contributed by atoms with van der Waals surface area (Å²) >= 11 is 0. The number of hydrogen-bond donors (Lipinski definition) is 2. The Hall–Kier alpha value is -1.66. The summed E-state index contributed by atoms with van der Waals surface area (Å²) in [7, 11) is 1.44. The number of piperazine rings is 1. The van der Waals surface area contributed by atoms with Crippen LogP contribution < -0.4 is 15.8 Å². The van der Waals surface area contributed by atoms with Gasteiger partial charge in [0.05, 0.1) is 7.11 Å². The van der Waals surface area contributed by atoms with Crippen LogP contribution in [0.25, 0.3) is 0 Å². The molecule has 0 aliphatic carbocycles. The molecule has 1 aromatic carbocycles. The van der Waals surface area contributed by atoms with E-state index in [0.717, 1.165) is 25.2 Å². The van der Waals surface area contributed by atoms with E-state index in [4.69, 9.17) is 10.5 Å². The number of benzene rings is 1. The number of ether oxygens (including phenoxy) is 1. The fourth-order valence-corrected chi connectivity index (χ4v) is 2.49. The van der Waals surface area contributed by atoms with Crippen molar-refractivity contribution < 1.29 is 13.9 Å². The van der Waals surface area contributed by atoms with Crippen molar-refractivity contribution in [2.45, 2.75) is 19.0 Å². The van der Waals surface area contributed by atoms with Crippen LogP contribution in [0.1, 0.15) is 12.0 Å². The summed E-state index contributed by atoms with van der Waals surface area (Å²) in [4.78, 5) is 13.2. The normalized spacial score (nSPS) is 19.8. The Morgan fingerprint density at radius 2 is 2.40 bits per heavy atom. The van der Waals surface area contributed by atoms with Crippen LogP contribution in [-0.2, 0) is 11.3 Å². The maximum absolute atomic E-state index is 13.7. The van der Waals surface area contributed by atoms with Crippen LogP contribution in [0.4, 0.5) is 4.39 Å². The molecule has 1 fully saturated rings. The first-order chi connectivity index (χ1) is 9.60. The fraction of sp³-hybridized carbons (Fsp3) is 0.500. The van der Waals surface area contributed by atoms with Crippen molar-refractivity contribution in [1.29, 1.82) is 0 Å². The van der Waals surface area contributed by atoms with Gasteiger partial charge in [0.15, 0.2) is 11.6 Å². The molecule has 0 spiro atoms. The molecule has 20 heavy (non-hydrogen) atoms. The molecule has 5 nitrogen and oxygen atoms in total. The van der Waals surface area contributed by atoms with Gasteiger partial charge < -0.3 is 15.8 Å². The van der Waals surface area contributed by atoms with Crippen LogP contribution in [0.2, 0.25) is 0 Å². The molecule has 0 aromatic heterocycles. The number of amides is 1. The SMILES string of the molecule is COc1ccc(CN2CCNCC2CC(N)=O)cc1F. The highest BCUT2D eigenvalue weighted by Crippen LogP contribution is 2.20. The highest BCUT2D eigenvalue weighted by atomic mass is 19.1. The molecular formula is C14H20FN3O2. The van der Waals surface area contributed by atoms with Gasteiger partial charge in [-0.15, -0.1) is 0 Å². The third-order valence-electron chi connectivity index (χ3n) is 3.51. The van der Waals surface area contributed by atoms with E-state index >= 15 is 0 Å². The third-order valence-corrected chi connectivity index (χ3v) is 3.51. The molecule has 1 atom stereocenters. The van der Waals surface area contributed by atoms with Gasteiger partial charge in [0.2, 0.25) is 5.91 Å². The molecule has 0 radical (unpaired) electrons. The highest BCUT2D eigenvalue weighted by Gasteiger charge is 2.23. The predicted molar refractivity (Wildman–Crippen MR) is 73.8 cm³/mol. The maximum Gasteiger partial charge on any atom is 0.219 e. The lowest BCUT2D eigenvalue weighted by molar-refractivity contribution is -0.119. The monoisotopic (exact) mass is 281 g/mol. The van der Waals surface area contributed by atoms with E-state index in [9.17, 15) is 9.18 Å². The molecule has 0 saturated carbocycles. The Kier molecular flexibility index (Phi) is 4.92. The summed E-state index contributed by atoms with van der Waals surface area (Å²) in [6, 6.07) is 5.00. The Morgan fingerprint density at radius 3 is 3.05 bits per heavy atom. The zero-order valence-corrected chi connectivity index (χ0v) is 11.6. The Balaban J connectivity index is 2.06. The number of nitrogens with one attached hydrogen (secondary N) is 1. The summed E-state index contributed by atoms with van der Waals surface area (Å²) in [6.07, 6.45) is 0.311. The molecule has 110 valence electrons. The Bertz CT molecular complexity index is 481. The highest BCUT2D eigenvalue weighted by molar-refractivity contribution is 5.74. The molecule has 1 amide bonds. The quantitative estimate of drug-likeness (QED) is 0.824. The summed E-state index contributed by atoms with van der Waals surface area (Å²) in [5.74, 6) is -0.445. The molecule has 1 aliphatic heterocycles. The van der Waals surface area contributed by atoms with E-state index < -0.39 is 0 Å². The van der Waals surface area contributed by atoms with E-state index in [-0.39, 0.29) is 23.5 Å². The van der Waals surface area contributed by atoms with Crippen molar-refractivity contribution in [3.63, 3.8) is 0 Å². The van der Waals surface area contributed by atoms with E-state index in [2.05, 4.69) is 10.2 Å². The van der Waals surface area contributed by atoms with Crippen LogP contribution in [0.3, 0.4) is 0 Å². The van der Waals surface area contributed by atoms with Gasteiger partial charge in [-0.3, -0.25) is 9.69 Å². The zero-order chi connectivity index (χ0) is 14.5. The number of nitrogens with zero attached hydrogens (tertiary/aromatic N) is 1. The first kappa shape index (κ1) is 14.7. The van der Waals surface area contributed by atoms with Crippen LogP contribution in [0, 0.1) is 5.82 Å². The lowest BCUT2D eigenvalue weighted by atomic mass is 10.1. The minimum absolute atomic E-state index is 0.0615. The van der Waals surface area contributed by atoms with Gasteiger partial charge in [-0.25, -0.2) is 4.39 Å². The molecule has 1 heterocycles. The van der Waals surface area contributed by atoms with Gasteiger partial charge >= 0.3 is 0 Å². The van der Waals surface area contributed by atoms with Gasteiger partial charge in [-0.1, -0.05) is 6.07 Å². The summed E-state index contributed by atoms with van der Waals surface area (Å²) in [5, 5.41) is 3.24. The second-order valence-corrected chi connectivity index (χ2v) is 4.97. The van der Waals surface area contributed by atoms with Crippen molar-refractivity contribution in [2.75, 3.05) is 26.7 Å². The lowest BCUT2D eigenvalue weighted by Crippen LogP contribution is -2.52.